The summed E-state index contributed by atoms with van der Waals surface area (Å²) in [6, 6.07) is 8.81. The Morgan fingerprint density at radius 1 is 1.19 bits per heavy atom. The Balaban J connectivity index is 1.34. The Bertz CT molecular complexity index is 747. The molecule has 1 N–H and O–H groups in total. The number of nitrogens with zero attached hydrogens (tertiary/aromatic N) is 3. The smallest absolute Gasteiger partial charge is 0.237 e. The van der Waals surface area contributed by atoms with Crippen LogP contribution in [0.25, 0.3) is 0 Å². The van der Waals surface area contributed by atoms with Crippen molar-refractivity contribution in [3.05, 3.63) is 36.7 Å². The fourth-order valence-corrected chi connectivity index (χ4v) is 4.32. The summed E-state index contributed by atoms with van der Waals surface area (Å²) in [4.78, 5) is 19.4. The summed E-state index contributed by atoms with van der Waals surface area (Å²) >= 11 is 1.53. The molecule has 2 fully saturated rings. The minimum absolute atomic E-state index is 0.0195. The minimum atomic E-state index is -0.184. The Kier molecular flexibility index (Phi) is 5.20. The number of amides is 1. The minimum Gasteiger partial charge on any atom is -0.372 e. The van der Waals surface area contributed by atoms with E-state index in [0.717, 1.165) is 23.9 Å². The van der Waals surface area contributed by atoms with E-state index in [4.69, 9.17) is 0 Å². The number of piperidine rings is 1. The first kappa shape index (κ1) is 17.5. The second-order valence-electron chi connectivity index (χ2n) is 7.19. The molecule has 0 radical (unpaired) electrons. The number of anilines is 2. The van der Waals surface area contributed by atoms with E-state index in [-0.39, 0.29) is 11.2 Å². The molecule has 2 heterocycles. The van der Waals surface area contributed by atoms with Crippen LogP contribution < -0.4 is 10.2 Å². The summed E-state index contributed by atoms with van der Waals surface area (Å²) in [5.41, 5.74) is 2.10. The molecule has 2 aromatic rings. The summed E-state index contributed by atoms with van der Waals surface area (Å²) in [6.45, 7) is 4.20. The van der Waals surface area contributed by atoms with Crippen molar-refractivity contribution in [2.24, 2.45) is 0 Å². The standard InChI is InChI=1S/C20H26N4OS/c1-15(26-20-21-11-14-24(20)18-9-10-18)19(25)22-16-5-7-17(8-6-16)23-12-3-2-4-13-23/h5-8,11,14-15,18H,2-4,9-10,12-13H2,1H3,(H,22,25)/t15-/m1/s1. The molecule has 1 aliphatic heterocycles. The third-order valence-corrected chi connectivity index (χ3v) is 6.18. The lowest BCUT2D eigenvalue weighted by molar-refractivity contribution is -0.115. The lowest BCUT2D eigenvalue weighted by atomic mass is 10.1. The molecule has 0 spiro atoms. The number of hydrogen-bond acceptors (Lipinski definition) is 4. The van der Waals surface area contributed by atoms with Gasteiger partial charge in [0.2, 0.25) is 5.91 Å². The van der Waals surface area contributed by atoms with Gasteiger partial charge in [0.1, 0.15) is 0 Å². The SMILES string of the molecule is C[C@@H](Sc1nccn1C1CC1)C(=O)Nc1ccc(N2CCCCC2)cc1. The third-order valence-electron chi connectivity index (χ3n) is 5.08. The monoisotopic (exact) mass is 370 g/mol. The fraction of sp³-hybridized carbons (Fsp3) is 0.500. The largest absolute Gasteiger partial charge is 0.372 e. The molecule has 4 rings (SSSR count). The van der Waals surface area contributed by atoms with Crippen LogP contribution in [0.3, 0.4) is 0 Å². The van der Waals surface area contributed by atoms with E-state index in [9.17, 15) is 4.79 Å². The second kappa shape index (κ2) is 7.74. The van der Waals surface area contributed by atoms with Gasteiger partial charge in [-0.05, 0) is 63.3 Å². The molecule has 26 heavy (non-hydrogen) atoms. The number of nitrogens with one attached hydrogen (secondary N) is 1. The number of carbonyl (C=O) groups excluding carboxylic acids is 1. The number of aromatic nitrogens is 2. The molecule has 6 heteroatoms. The quantitative estimate of drug-likeness (QED) is 0.769. The van der Waals surface area contributed by atoms with Crippen LogP contribution in [0.1, 0.15) is 45.1 Å². The van der Waals surface area contributed by atoms with Gasteiger partial charge < -0.3 is 14.8 Å². The average Bonchev–Trinajstić information content (AvgIpc) is 3.42. The zero-order chi connectivity index (χ0) is 17.9. The maximum absolute atomic E-state index is 12.5. The van der Waals surface area contributed by atoms with Crippen molar-refractivity contribution in [1.82, 2.24) is 9.55 Å². The van der Waals surface area contributed by atoms with Gasteiger partial charge in [-0.25, -0.2) is 4.98 Å². The van der Waals surface area contributed by atoms with Gasteiger partial charge in [0.25, 0.3) is 0 Å². The molecule has 138 valence electrons. The third kappa shape index (κ3) is 4.06. The molecule has 1 aromatic heterocycles. The molecule has 1 aliphatic carbocycles. The van der Waals surface area contributed by atoms with Gasteiger partial charge in [0.05, 0.1) is 5.25 Å². The predicted molar refractivity (Wildman–Crippen MR) is 107 cm³/mol. The van der Waals surface area contributed by atoms with E-state index < -0.39 is 0 Å². The van der Waals surface area contributed by atoms with E-state index >= 15 is 0 Å². The van der Waals surface area contributed by atoms with Crippen molar-refractivity contribution in [3.63, 3.8) is 0 Å². The van der Waals surface area contributed by atoms with Crippen molar-refractivity contribution in [1.29, 1.82) is 0 Å². The Morgan fingerprint density at radius 2 is 1.92 bits per heavy atom. The zero-order valence-electron chi connectivity index (χ0n) is 15.2. The average molecular weight is 371 g/mol. The van der Waals surface area contributed by atoms with E-state index in [1.54, 1.807) is 0 Å². The second-order valence-corrected chi connectivity index (χ2v) is 8.50. The first-order chi connectivity index (χ1) is 12.7. The van der Waals surface area contributed by atoms with E-state index in [0.29, 0.717) is 6.04 Å². The summed E-state index contributed by atoms with van der Waals surface area (Å²) in [6.07, 6.45) is 10.1. The van der Waals surface area contributed by atoms with Crippen molar-refractivity contribution in [2.75, 3.05) is 23.3 Å². The van der Waals surface area contributed by atoms with Gasteiger partial charge in [-0.1, -0.05) is 11.8 Å². The number of rotatable bonds is 6. The summed E-state index contributed by atoms with van der Waals surface area (Å²) < 4.78 is 2.20. The number of imidazole rings is 1. The van der Waals surface area contributed by atoms with Gasteiger partial charge in [0.15, 0.2) is 5.16 Å². The lowest BCUT2D eigenvalue weighted by Crippen LogP contribution is -2.29. The zero-order valence-corrected chi connectivity index (χ0v) is 16.0. The Morgan fingerprint density at radius 3 is 2.62 bits per heavy atom. The van der Waals surface area contributed by atoms with E-state index in [2.05, 4.69) is 31.9 Å². The van der Waals surface area contributed by atoms with Crippen molar-refractivity contribution in [3.8, 4) is 0 Å². The van der Waals surface area contributed by atoms with Gasteiger partial charge in [-0.15, -0.1) is 0 Å². The predicted octanol–water partition coefficient (Wildman–Crippen LogP) is 4.33. The highest BCUT2D eigenvalue weighted by Gasteiger charge is 2.27. The highest BCUT2D eigenvalue weighted by atomic mass is 32.2. The summed E-state index contributed by atoms with van der Waals surface area (Å²) in [7, 11) is 0. The highest BCUT2D eigenvalue weighted by Crippen LogP contribution is 2.38. The molecule has 1 atom stereocenters. The highest BCUT2D eigenvalue weighted by molar-refractivity contribution is 8.00. The normalized spacial score (nSPS) is 18.6. The molecule has 1 saturated carbocycles. The number of carbonyl (C=O) groups is 1. The van der Waals surface area contributed by atoms with Gasteiger partial charge in [-0.3, -0.25) is 4.79 Å². The number of hydrogen-bond donors (Lipinski definition) is 1. The molecule has 0 bridgehead atoms. The fourth-order valence-electron chi connectivity index (χ4n) is 3.38. The van der Waals surface area contributed by atoms with Gasteiger partial charge in [-0.2, -0.15) is 0 Å². The van der Waals surface area contributed by atoms with E-state index in [1.165, 1.54) is 49.6 Å². The molecule has 2 aliphatic rings. The van der Waals surface area contributed by atoms with Crippen LogP contribution in [0.2, 0.25) is 0 Å². The summed E-state index contributed by atoms with van der Waals surface area (Å²) in [5.74, 6) is 0.0195. The first-order valence-electron chi connectivity index (χ1n) is 9.56. The molecular formula is C20H26N4OS. The van der Waals surface area contributed by atoms with E-state index in [1.807, 2.05) is 31.5 Å². The number of benzene rings is 1. The molecule has 5 nitrogen and oxygen atoms in total. The lowest BCUT2D eigenvalue weighted by Gasteiger charge is -2.28. The topological polar surface area (TPSA) is 50.2 Å². The first-order valence-corrected chi connectivity index (χ1v) is 10.4. The molecule has 1 aromatic carbocycles. The van der Waals surface area contributed by atoms with Crippen LogP contribution in [-0.2, 0) is 4.79 Å². The Labute approximate surface area is 159 Å². The molecule has 1 saturated heterocycles. The van der Waals surface area contributed by atoms with Crippen LogP contribution in [0.5, 0.6) is 0 Å². The maximum atomic E-state index is 12.5. The molecular weight excluding hydrogens is 344 g/mol. The van der Waals surface area contributed by atoms with Crippen LogP contribution in [0.4, 0.5) is 11.4 Å². The van der Waals surface area contributed by atoms with Crippen LogP contribution >= 0.6 is 11.8 Å². The van der Waals surface area contributed by atoms with Crippen molar-refractivity contribution in [2.45, 2.75) is 55.5 Å². The maximum Gasteiger partial charge on any atom is 0.237 e. The van der Waals surface area contributed by atoms with Crippen LogP contribution in [0.15, 0.2) is 41.8 Å². The summed E-state index contributed by atoms with van der Waals surface area (Å²) in [5, 5.41) is 3.79. The van der Waals surface area contributed by atoms with Crippen molar-refractivity contribution < 1.29 is 4.79 Å². The van der Waals surface area contributed by atoms with Crippen molar-refractivity contribution >= 4 is 29.0 Å². The van der Waals surface area contributed by atoms with Crippen LogP contribution in [0, 0.1) is 0 Å². The van der Waals surface area contributed by atoms with Gasteiger partial charge in [0, 0.05) is 42.9 Å². The molecule has 0 unspecified atom stereocenters. The number of thioether (sulfide) groups is 1. The van der Waals surface area contributed by atoms with Gasteiger partial charge >= 0.3 is 0 Å². The molecule has 1 amide bonds. The Hall–Kier alpha value is -1.95. The van der Waals surface area contributed by atoms with Crippen LogP contribution in [-0.4, -0.2) is 33.8 Å².